The van der Waals surface area contributed by atoms with Gasteiger partial charge in [0.25, 0.3) is 0 Å². The summed E-state index contributed by atoms with van der Waals surface area (Å²) >= 11 is 12.2. The normalized spacial score (nSPS) is 10.2. The molecule has 134 valence electrons. The number of aromatic nitrogens is 1. The molecule has 1 heterocycles. The van der Waals surface area contributed by atoms with Crippen LogP contribution < -0.4 is 14.8 Å². The van der Waals surface area contributed by atoms with Crippen LogP contribution in [0.15, 0.2) is 30.5 Å². The van der Waals surface area contributed by atoms with Crippen LogP contribution in [0, 0.1) is 0 Å². The summed E-state index contributed by atoms with van der Waals surface area (Å²) in [5.74, 6) is 0.310. The van der Waals surface area contributed by atoms with Crippen molar-refractivity contribution in [1.29, 1.82) is 0 Å². The fourth-order valence-electron chi connectivity index (χ4n) is 1.98. The molecule has 25 heavy (non-hydrogen) atoms. The number of pyridine rings is 1. The molecule has 0 spiro atoms. The Bertz CT molecular complexity index is 741. The van der Waals surface area contributed by atoms with Gasteiger partial charge in [0, 0.05) is 19.3 Å². The van der Waals surface area contributed by atoms with Crippen molar-refractivity contribution in [2.75, 3.05) is 25.6 Å². The molecule has 0 atom stereocenters. The second-order valence-electron chi connectivity index (χ2n) is 4.86. The number of esters is 1. The van der Waals surface area contributed by atoms with Crippen LogP contribution in [0.1, 0.15) is 12.5 Å². The van der Waals surface area contributed by atoms with Crippen molar-refractivity contribution >= 4 is 34.9 Å². The second-order valence-corrected chi connectivity index (χ2v) is 5.68. The molecule has 2 aromatic rings. The summed E-state index contributed by atoms with van der Waals surface area (Å²) in [5.41, 5.74) is 1.37. The first-order chi connectivity index (χ1) is 12.0. The molecule has 0 bridgehead atoms. The molecule has 0 unspecified atom stereocenters. The number of carbonyl (C=O) groups is 1. The van der Waals surface area contributed by atoms with Gasteiger partial charge in [-0.1, -0.05) is 23.2 Å². The number of benzene rings is 1. The molecule has 0 saturated carbocycles. The zero-order valence-electron chi connectivity index (χ0n) is 13.8. The lowest BCUT2D eigenvalue weighted by molar-refractivity contribution is -0.145. The number of rotatable bonds is 8. The lowest BCUT2D eigenvalue weighted by Crippen LogP contribution is -2.16. The zero-order valence-corrected chi connectivity index (χ0v) is 15.4. The number of hydrogen-bond acceptors (Lipinski definition) is 6. The van der Waals surface area contributed by atoms with Crippen molar-refractivity contribution in [2.45, 2.75) is 13.5 Å². The molecule has 0 aliphatic heterocycles. The standard InChI is InChI=1S/C17H18Cl2N2O4/c1-3-23-16(22)10-25-17-11(5-4-6-21-17)9-24-15-8-14(20-2)12(18)7-13(15)19/h4-8,20H,3,9-10H2,1-2H3. The van der Waals surface area contributed by atoms with E-state index in [0.29, 0.717) is 39.5 Å². The molecule has 0 amide bonds. The van der Waals surface area contributed by atoms with Crippen LogP contribution in [-0.2, 0) is 16.1 Å². The molecular weight excluding hydrogens is 367 g/mol. The van der Waals surface area contributed by atoms with E-state index in [-0.39, 0.29) is 13.2 Å². The van der Waals surface area contributed by atoms with Gasteiger partial charge >= 0.3 is 5.97 Å². The summed E-state index contributed by atoms with van der Waals surface area (Å²) in [5, 5.41) is 3.85. The van der Waals surface area contributed by atoms with Gasteiger partial charge in [-0.25, -0.2) is 9.78 Å². The van der Waals surface area contributed by atoms with E-state index in [1.165, 1.54) is 0 Å². The van der Waals surface area contributed by atoms with Crippen molar-refractivity contribution in [3.8, 4) is 11.6 Å². The van der Waals surface area contributed by atoms with Gasteiger partial charge in [-0.15, -0.1) is 0 Å². The Morgan fingerprint density at radius 2 is 2.04 bits per heavy atom. The van der Waals surface area contributed by atoms with Gasteiger partial charge in [-0.2, -0.15) is 0 Å². The smallest absolute Gasteiger partial charge is 0.344 e. The SMILES string of the molecule is CCOC(=O)COc1ncccc1COc1cc(NC)c(Cl)cc1Cl. The quantitative estimate of drug-likeness (QED) is 0.694. The number of nitrogens with one attached hydrogen (secondary N) is 1. The van der Waals surface area contributed by atoms with Crippen molar-refractivity contribution in [2.24, 2.45) is 0 Å². The van der Waals surface area contributed by atoms with Crippen LogP contribution in [0.3, 0.4) is 0 Å². The minimum atomic E-state index is -0.459. The minimum absolute atomic E-state index is 0.163. The van der Waals surface area contributed by atoms with Crippen molar-refractivity contribution in [3.05, 3.63) is 46.1 Å². The summed E-state index contributed by atoms with van der Waals surface area (Å²) < 4.78 is 16.0. The van der Waals surface area contributed by atoms with E-state index < -0.39 is 5.97 Å². The Labute approximate surface area is 156 Å². The second kappa shape index (κ2) is 9.34. The van der Waals surface area contributed by atoms with E-state index >= 15 is 0 Å². The van der Waals surface area contributed by atoms with Crippen LogP contribution in [0.4, 0.5) is 5.69 Å². The van der Waals surface area contributed by atoms with Gasteiger partial charge < -0.3 is 19.5 Å². The topological polar surface area (TPSA) is 69.7 Å². The average molecular weight is 385 g/mol. The maximum atomic E-state index is 11.4. The van der Waals surface area contributed by atoms with Crippen LogP contribution in [0.25, 0.3) is 0 Å². The third-order valence-electron chi connectivity index (χ3n) is 3.16. The third kappa shape index (κ3) is 5.41. The predicted molar refractivity (Wildman–Crippen MR) is 96.7 cm³/mol. The van der Waals surface area contributed by atoms with E-state index in [2.05, 4.69) is 10.3 Å². The van der Waals surface area contributed by atoms with E-state index in [4.69, 9.17) is 37.4 Å². The van der Waals surface area contributed by atoms with Crippen LogP contribution >= 0.6 is 23.2 Å². The Kier molecular flexibility index (Phi) is 7.16. The molecule has 1 aromatic carbocycles. The molecule has 0 aliphatic rings. The number of halogens is 2. The van der Waals surface area contributed by atoms with Crippen LogP contribution in [0.5, 0.6) is 11.6 Å². The number of anilines is 1. The largest absolute Gasteiger partial charge is 0.487 e. The van der Waals surface area contributed by atoms with E-state index in [1.807, 2.05) is 0 Å². The fourth-order valence-corrected chi connectivity index (χ4v) is 2.51. The highest BCUT2D eigenvalue weighted by Gasteiger charge is 2.12. The Morgan fingerprint density at radius 1 is 1.24 bits per heavy atom. The highest BCUT2D eigenvalue weighted by molar-refractivity contribution is 6.37. The molecule has 2 rings (SSSR count). The molecule has 0 radical (unpaired) electrons. The Balaban J connectivity index is 2.07. The summed E-state index contributed by atoms with van der Waals surface area (Å²) in [6.45, 7) is 1.97. The van der Waals surface area contributed by atoms with Gasteiger partial charge in [0.1, 0.15) is 12.4 Å². The molecule has 0 saturated heterocycles. The minimum Gasteiger partial charge on any atom is -0.487 e. The van der Waals surface area contributed by atoms with Crippen molar-refractivity contribution in [1.82, 2.24) is 4.98 Å². The van der Waals surface area contributed by atoms with Gasteiger partial charge in [0.05, 0.1) is 27.9 Å². The molecule has 0 aliphatic carbocycles. The maximum Gasteiger partial charge on any atom is 0.344 e. The van der Waals surface area contributed by atoms with Gasteiger partial charge in [-0.05, 0) is 25.1 Å². The van der Waals surface area contributed by atoms with Gasteiger partial charge in [0.2, 0.25) is 5.88 Å². The highest BCUT2D eigenvalue weighted by atomic mass is 35.5. The summed E-state index contributed by atoms with van der Waals surface area (Å²) in [6.07, 6.45) is 1.57. The van der Waals surface area contributed by atoms with Crippen LogP contribution in [0.2, 0.25) is 10.0 Å². The third-order valence-corrected chi connectivity index (χ3v) is 3.76. The maximum absolute atomic E-state index is 11.4. The first kappa shape index (κ1) is 19.1. The number of hydrogen-bond donors (Lipinski definition) is 1. The molecule has 1 aromatic heterocycles. The van der Waals surface area contributed by atoms with E-state index in [9.17, 15) is 4.79 Å². The van der Waals surface area contributed by atoms with Gasteiger partial charge in [-0.3, -0.25) is 0 Å². The number of nitrogens with zero attached hydrogens (tertiary/aromatic N) is 1. The molecule has 0 fully saturated rings. The molecule has 1 N–H and O–H groups in total. The van der Waals surface area contributed by atoms with E-state index in [0.717, 1.165) is 0 Å². The Morgan fingerprint density at radius 3 is 2.76 bits per heavy atom. The Hall–Kier alpha value is -2.18. The van der Waals surface area contributed by atoms with Crippen LogP contribution in [-0.4, -0.2) is 31.2 Å². The average Bonchev–Trinajstić information content (AvgIpc) is 2.60. The zero-order chi connectivity index (χ0) is 18.2. The summed E-state index contributed by atoms with van der Waals surface area (Å²) in [4.78, 5) is 15.5. The highest BCUT2D eigenvalue weighted by Crippen LogP contribution is 2.34. The number of carbonyl (C=O) groups excluding carboxylic acids is 1. The van der Waals surface area contributed by atoms with Crippen molar-refractivity contribution in [3.63, 3.8) is 0 Å². The molecular formula is C17H18Cl2N2O4. The molecule has 6 nitrogen and oxygen atoms in total. The lowest BCUT2D eigenvalue weighted by atomic mass is 10.2. The predicted octanol–water partition coefficient (Wildman–Crippen LogP) is 3.95. The van der Waals surface area contributed by atoms with Crippen molar-refractivity contribution < 1.29 is 19.0 Å². The summed E-state index contributed by atoms with van der Waals surface area (Å²) in [7, 11) is 1.75. The first-order valence-corrected chi connectivity index (χ1v) is 8.32. The summed E-state index contributed by atoms with van der Waals surface area (Å²) in [6, 6.07) is 6.85. The monoisotopic (exact) mass is 384 g/mol. The van der Waals surface area contributed by atoms with Gasteiger partial charge in [0.15, 0.2) is 6.61 Å². The number of ether oxygens (including phenoxy) is 3. The van der Waals surface area contributed by atoms with E-state index in [1.54, 1.807) is 44.4 Å². The first-order valence-electron chi connectivity index (χ1n) is 7.57. The molecule has 8 heteroatoms. The fraction of sp³-hybridized carbons (Fsp3) is 0.294. The lowest BCUT2D eigenvalue weighted by Gasteiger charge is -2.13.